The van der Waals surface area contributed by atoms with Gasteiger partial charge in [0.25, 0.3) is 0 Å². The van der Waals surface area contributed by atoms with Gasteiger partial charge in [0.1, 0.15) is 0 Å². The molecule has 0 radical (unpaired) electrons. The Morgan fingerprint density at radius 2 is 1.93 bits per heavy atom. The fourth-order valence-corrected chi connectivity index (χ4v) is 2.49. The van der Waals surface area contributed by atoms with E-state index >= 15 is 0 Å². The quantitative estimate of drug-likeness (QED) is 0.688. The highest BCUT2D eigenvalue weighted by atomic mass is 32.2. The Kier molecular flexibility index (Phi) is 4.55. The monoisotopic (exact) mass is 235 g/mol. The van der Waals surface area contributed by atoms with Crippen LogP contribution in [0.3, 0.4) is 0 Å². The third-order valence-electron chi connectivity index (χ3n) is 2.83. The molecule has 0 amide bonds. The minimum Gasteiger partial charge on any atom is -0.395 e. The van der Waals surface area contributed by atoms with Crippen LogP contribution in [0.2, 0.25) is 0 Å². The van der Waals surface area contributed by atoms with Gasteiger partial charge in [-0.2, -0.15) is 0 Å². The molecule has 1 rings (SSSR count). The maximum absolute atomic E-state index is 11.6. The molecule has 0 atom stereocenters. The molecule has 0 aliphatic heterocycles. The van der Waals surface area contributed by atoms with Crippen molar-refractivity contribution < 1.29 is 13.5 Å². The average Bonchev–Trinajstić information content (AvgIpc) is 2.95. The fraction of sp³-hybridized carbons (Fsp3) is 1.00. The summed E-state index contributed by atoms with van der Waals surface area (Å²) >= 11 is 0. The fourth-order valence-electron chi connectivity index (χ4n) is 1.53. The van der Waals surface area contributed by atoms with Crippen LogP contribution in [0.4, 0.5) is 0 Å². The van der Waals surface area contributed by atoms with Crippen molar-refractivity contribution in [1.82, 2.24) is 4.90 Å². The third-order valence-corrected chi connectivity index (χ3v) is 5.02. The van der Waals surface area contributed by atoms with Crippen LogP contribution in [0.5, 0.6) is 0 Å². The topological polar surface area (TPSA) is 57.6 Å². The molecule has 1 aliphatic carbocycles. The smallest absolute Gasteiger partial charge is 0.153 e. The minimum atomic E-state index is -2.94. The number of rotatable bonds is 7. The zero-order chi connectivity index (χ0) is 11.5. The average molecular weight is 235 g/mol. The molecule has 0 saturated heterocycles. The SMILES string of the molecule is CC(C)S(=O)(=O)CCN(CCO)C1CC1. The number of aliphatic hydroxyl groups is 1. The maximum atomic E-state index is 11.6. The van der Waals surface area contributed by atoms with Crippen molar-refractivity contribution in [3.63, 3.8) is 0 Å². The van der Waals surface area contributed by atoms with E-state index in [0.717, 1.165) is 12.8 Å². The van der Waals surface area contributed by atoms with E-state index in [1.807, 2.05) is 0 Å². The highest BCUT2D eigenvalue weighted by molar-refractivity contribution is 7.92. The lowest BCUT2D eigenvalue weighted by Crippen LogP contribution is -2.35. The van der Waals surface area contributed by atoms with E-state index in [1.165, 1.54) is 0 Å². The highest BCUT2D eigenvalue weighted by Gasteiger charge is 2.29. The molecule has 1 fully saturated rings. The second-order valence-corrected chi connectivity index (χ2v) is 7.08. The zero-order valence-corrected chi connectivity index (χ0v) is 10.3. The molecule has 90 valence electrons. The lowest BCUT2D eigenvalue weighted by Gasteiger charge is -2.21. The second kappa shape index (κ2) is 5.27. The van der Waals surface area contributed by atoms with Crippen molar-refractivity contribution in [1.29, 1.82) is 0 Å². The summed E-state index contributed by atoms with van der Waals surface area (Å²) in [6.07, 6.45) is 2.28. The Balaban J connectivity index is 2.39. The Labute approximate surface area is 92.2 Å². The van der Waals surface area contributed by atoms with Crippen LogP contribution in [0, 0.1) is 0 Å². The Morgan fingerprint density at radius 1 is 1.33 bits per heavy atom. The van der Waals surface area contributed by atoms with E-state index in [0.29, 0.717) is 19.1 Å². The van der Waals surface area contributed by atoms with Crippen LogP contribution in [0.1, 0.15) is 26.7 Å². The first-order valence-corrected chi connectivity index (χ1v) is 7.25. The summed E-state index contributed by atoms with van der Waals surface area (Å²) < 4.78 is 23.2. The molecule has 0 aromatic rings. The molecule has 15 heavy (non-hydrogen) atoms. The van der Waals surface area contributed by atoms with Crippen molar-refractivity contribution in [2.75, 3.05) is 25.4 Å². The summed E-state index contributed by atoms with van der Waals surface area (Å²) in [7, 11) is -2.94. The first kappa shape index (κ1) is 12.9. The van der Waals surface area contributed by atoms with Crippen LogP contribution in [0.15, 0.2) is 0 Å². The van der Waals surface area contributed by atoms with Gasteiger partial charge in [-0.15, -0.1) is 0 Å². The Morgan fingerprint density at radius 3 is 2.33 bits per heavy atom. The highest BCUT2D eigenvalue weighted by Crippen LogP contribution is 2.26. The molecule has 0 heterocycles. The standard InChI is InChI=1S/C10H21NO3S/c1-9(2)15(13,14)8-6-11(5-7-12)10-3-4-10/h9-10,12H,3-8H2,1-2H3. The second-order valence-electron chi connectivity index (χ2n) is 4.41. The van der Waals surface area contributed by atoms with E-state index in [4.69, 9.17) is 5.11 Å². The predicted octanol–water partition coefficient (Wildman–Crippen LogP) is 0.266. The van der Waals surface area contributed by atoms with Crippen molar-refractivity contribution in [3.05, 3.63) is 0 Å². The van der Waals surface area contributed by atoms with Gasteiger partial charge in [0.2, 0.25) is 0 Å². The van der Waals surface area contributed by atoms with Gasteiger partial charge in [-0.1, -0.05) is 0 Å². The normalized spacial score (nSPS) is 17.7. The third kappa shape index (κ3) is 4.09. The number of hydrogen-bond donors (Lipinski definition) is 1. The van der Waals surface area contributed by atoms with Crippen LogP contribution in [-0.2, 0) is 9.84 Å². The first-order valence-electron chi connectivity index (χ1n) is 5.54. The molecule has 0 aromatic heterocycles. The summed E-state index contributed by atoms with van der Waals surface area (Å²) in [6, 6.07) is 0.513. The van der Waals surface area contributed by atoms with E-state index in [9.17, 15) is 8.42 Å². The zero-order valence-electron chi connectivity index (χ0n) is 9.52. The molecule has 1 N–H and O–H groups in total. The molecule has 0 unspecified atom stereocenters. The van der Waals surface area contributed by atoms with Gasteiger partial charge in [-0.25, -0.2) is 8.42 Å². The molecular formula is C10H21NO3S. The molecule has 0 bridgehead atoms. The lowest BCUT2D eigenvalue weighted by molar-refractivity contribution is 0.196. The van der Waals surface area contributed by atoms with Gasteiger partial charge in [-0.3, -0.25) is 4.90 Å². The van der Waals surface area contributed by atoms with Gasteiger partial charge in [0, 0.05) is 19.1 Å². The molecule has 1 saturated carbocycles. The summed E-state index contributed by atoms with van der Waals surface area (Å²) in [6.45, 7) is 4.69. The van der Waals surface area contributed by atoms with Gasteiger partial charge < -0.3 is 5.11 Å². The van der Waals surface area contributed by atoms with Crippen molar-refractivity contribution in [2.45, 2.75) is 38.0 Å². The summed E-state index contributed by atoms with van der Waals surface area (Å²) in [5.74, 6) is 0.209. The van der Waals surface area contributed by atoms with Crippen molar-refractivity contribution in [3.8, 4) is 0 Å². The summed E-state index contributed by atoms with van der Waals surface area (Å²) in [5, 5.41) is 8.56. The molecule has 5 heteroatoms. The predicted molar refractivity (Wildman–Crippen MR) is 60.6 cm³/mol. The molecule has 0 spiro atoms. The van der Waals surface area contributed by atoms with Crippen LogP contribution >= 0.6 is 0 Å². The molecule has 1 aliphatic rings. The largest absolute Gasteiger partial charge is 0.395 e. The summed E-state index contributed by atoms with van der Waals surface area (Å²) in [5.41, 5.74) is 0. The molecule has 4 nitrogen and oxygen atoms in total. The molecule has 0 aromatic carbocycles. The van der Waals surface area contributed by atoms with E-state index in [1.54, 1.807) is 13.8 Å². The number of sulfone groups is 1. The van der Waals surface area contributed by atoms with Gasteiger partial charge in [0.05, 0.1) is 17.6 Å². The number of nitrogens with zero attached hydrogens (tertiary/aromatic N) is 1. The van der Waals surface area contributed by atoms with Crippen LogP contribution < -0.4 is 0 Å². The van der Waals surface area contributed by atoms with Crippen molar-refractivity contribution in [2.24, 2.45) is 0 Å². The van der Waals surface area contributed by atoms with Gasteiger partial charge in [0.15, 0.2) is 9.84 Å². The van der Waals surface area contributed by atoms with E-state index in [2.05, 4.69) is 4.90 Å². The number of aliphatic hydroxyl groups excluding tert-OH is 1. The van der Waals surface area contributed by atoms with E-state index in [-0.39, 0.29) is 17.6 Å². The van der Waals surface area contributed by atoms with Gasteiger partial charge in [-0.05, 0) is 26.7 Å². The lowest BCUT2D eigenvalue weighted by atomic mass is 10.4. The van der Waals surface area contributed by atoms with Crippen molar-refractivity contribution >= 4 is 9.84 Å². The number of hydrogen-bond acceptors (Lipinski definition) is 4. The summed E-state index contributed by atoms with van der Waals surface area (Å²) in [4.78, 5) is 2.08. The minimum absolute atomic E-state index is 0.109. The Hall–Kier alpha value is -0.130. The Bertz CT molecular complexity index is 283. The first-order chi connectivity index (χ1) is 6.97. The van der Waals surface area contributed by atoms with Crippen LogP contribution in [-0.4, -0.2) is 55.2 Å². The maximum Gasteiger partial charge on any atom is 0.153 e. The van der Waals surface area contributed by atoms with E-state index < -0.39 is 9.84 Å². The van der Waals surface area contributed by atoms with Crippen LogP contribution in [0.25, 0.3) is 0 Å². The van der Waals surface area contributed by atoms with Gasteiger partial charge >= 0.3 is 0 Å². The molecular weight excluding hydrogens is 214 g/mol.